The van der Waals surface area contributed by atoms with Crippen LogP contribution in [0.1, 0.15) is 25.7 Å². The van der Waals surface area contributed by atoms with Crippen LogP contribution in [0.2, 0.25) is 0 Å². The topological polar surface area (TPSA) is 35.3 Å². The first-order chi connectivity index (χ1) is 6.36. The van der Waals surface area contributed by atoms with Crippen LogP contribution >= 0.6 is 15.9 Å². The lowest BCUT2D eigenvalue weighted by molar-refractivity contribution is 0.249. The summed E-state index contributed by atoms with van der Waals surface area (Å²) in [5, 5.41) is 1.03. The van der Waals surface area contributed by atoms with Gasteiger partial charge in [-0.05, 0) is 19.8 Å². The number of hydrogen-bond donors (Lipinski definition) is 0. The van der Waals surface area contributed by atoms with Crippen molar-refractivity contribution in [2.45, 2.75) is 26.2 Å². The average molecular weight is 248 g/mol. The van der Waals surface area contributed by atoms with Crippen LogP contribution in [0.5, 0.6) is 5.95 Å². The molecule has 0 saturated heterocycles. The van der Waals surface area contributed by atoms with Gasteiger partial charge in [-0.25, -0.2) is 4.98 Å². The number of aryl methyl sites for hydroxylation is 1. The normalized spacial score (nSPS) is 10.3. The van der Waals surface area contributed by atoms with Crippen LogP contribution in [0.15, 0.2) is 10.6 Å². The van der Waals surface area contributed by atoms with Crippen LogP contribution in [-0.4, -0.2) is 16.9 Å². The number of halogens is 1. The van der Waals surface area contributed by atoms with Crippen LogP contribution in [-0.2, 0) is 6.42 Å². The van der Waals surface area contributed by atoms with Gasteiger partial charge >= 0.3 is 5.95 Å². The summed E-state index contributed by atoms with van der Waals surface area (Å²) in [6, 6.07) is 0. The van der Waals surface area contributed by atoms with Gasteiger partial charge in [0.05, 0.1) is 6.61 Å². The minimum atomic E-state index is 0.524. The maximum Gasteiger partial charge on any atom is 0.305 e. The predicted molar refractivity (Wildman–Crippen MR) is 54.4 cm³/mol. The summed E-state index contributed by atoms with van der Waals surface area (Å²) in [6.45, 7) is 2.54. The first kappa shape index (κ1) is 10.6. The lowest BCUT2D eigenvalue weighted by atomic mass is 10.2. The second-order valence-corrected chi connectivity index (χ2v) is 3.45. The molecule has 0 radical (unpaired) electrons. The molecule has 1 aromatic heterocycles. The van der Waals surface area contributed by atoms with Crippen LogP contribution in [0.3, 0.4) is 0 Å². The fourth-order valence-corrected chi connectivity index (χ4v) is 1.39. The van der Waals surface area contributed by atoms with Crippen molar-refractivity contribution in [3.8, 4) is 5.95 Å². The molecule has 0 aliphatic rings. The van der Waals surface area contributed by atoms with E-state index in [1.165, 1.54) is 0 Å². The van der Waals surface area contributed by atoms with Crippen molar-refractivity contribution in [1.82, 2.24) is 4.98 Å². The van der Waals surface area contributed by atoms with E-state index in [1.54, 1.807) is 6.20 Å². The van der Waals surface area contributed by atoms with E-state index in [1.807, 2.05) is 6.92 Å². The lowest BCUT2D eigenvalue weighted by Gasteiger charge is -1.95. The molecule has 0 unspecified atom stereocenters. The van der Waals surface area contributed by atoms with E-state index >= 15 is 0 Å². The molecule has 0 N–H and O–H groups in total. The molecule has 0 atom stereocenters. The Kier molecular flexibility index (Phi) is 4.90. The molecule has 0 fully saturated rings. The number of rotatable bonds is 6. The van der Waals surface area contributed by atoms with Gasteiger partial charge in [-0.15, -0.1) is 0 Å². The SMILES string of the molecule is CCOc1cnc(CCCCBr)o1. The Bertz CT molecular complexity index is 237. The highest BCUT2D eigenvalue weighted by Crippen LogP contribution is 2.14. The van der Waals surface area contributed by atoms with Crippen LogP contribution in [0.4, 0.5) is 0 Å². The fraction of sp³-hybridized carbons (Fsp3) is 0.667. The van der Waals surface area contributed by atoms with E-state index in [2.05, 4.69) is 20.9 Å². The first-order valence-electron chi connectivity index (χ1n) is 4.50. The van der Waals surface area contributed by atoms with Gasteiger partial charge in [-0.2, -0.15) is 0 Å². The number of nitrogens with zero attached hydrogens (tertiary/aromatic N) is 1. The average Bonchev–Trinajstić information content (AvgIpc) is 2.54. The molecule has 0 aliphatic carbocycles. The molecule has 1 aromatic rings. The molecular formula is C9H14BrNO2. The standard InChI is InChI=1S/C9H14BrNO2/c1-2-12-9-7-11-8(13-9)5-3-4-6-10/h7H,2-6H2,1H3. The highest BCUT2D eigenvalue weighted by molar-refractivity contribution is 9.09. The summed E-state index contributed by atoms with van der Waals surface area (Å²) in [7, 11) is 0. The molecule has 0 aromatic carbocycles. The molecule has 1 rings (SSSR count). The summed E-state index contributed by atoms with van der Waals surface area (Å²) in [4.78, 5) is 4.10. The Hall–Kier alpha value is -0.510. The van der Waals surface area contributed by atoms with Crippen molar-refractivity contribution in [1.29, 1.82) is 0 Å². The minimum Gasteiger partial charge on any atom is -0.464 e. The lowest BCUT2D eigenvalue weighted by Crippen LogP contribution is -1.88. The zero-order valence-electron chi connectivity index (χ0n) is 7.75. The third kappa shape index (κ3) is 3.81. The molecule has 0 saturated carbocycles. The van der Waals surface area contributed by atoms with Gasteiger partial charge in [0.15, 0.2) is 5.89 Å². The van der Waals surface area contributed by atoms with Crippen molar-refractivity contribution in [3.05, 3.63) is 12.1 Å². The fourth-order valence-electron chi connectivity index (χ4n) is 0.989. The van der Waals surface area contributed by atoms with E-state index in [4.69, 9.17) is 9.15 Å². The summed E-state index contributed by atoms with van der Waals surface area (Å²) < 4.78 is 10.5. The van der Waals surface area contributed by atoms with Gasteiger partial charge < -0.3 is 9.15 Å². The van der Waals surface area contributed by atoms with Crippen molar-refractivity contribution in [3.63, 3.8) is 0 Å². The first-order valence-corrected chi connectivity index (χ1v) is 5.62. The molecule has 0 aliphatic heterocycles. The monoisotopic (exact) mass is 247 g/mol. The van der Waals surface area contributed by atoms with Gasteiger partial charge in [0.25, 0.3) is 0 Å². The van der Waals surface area contributed by atoms with Gasteiger partial charge in [0, 0.05) is 11.8 Å². The Balaban J connectivity index is 2.31. The number of aromatic nitrogens is 1. The molecule has 4 heteroatoms. The van der Waals surface area contributed by atoms with Gasteiger partial charge in [-0.1, -0.05) is 15.9 Å². The molecule has 1 heterocycles. The summed E-state index contributed by atoms with van der Waals surface area (Å²) in [6.07, 6.45) is 4.76. The van der Waals surface area contributed by atoms with Crippen molar-refractivity contribution in [2.24, 2.45) is 0 Å². The number of unbranched alkanes of at least 4 members (excludes halogenated alkanes) is 1. The van der Waals surface area contributed by atoms with Gasteiger partial charge in [0.1, 0.15) is 6.20 Å². The van der Waals surface area contributed by atoms with E-state index in [0.29, 0.717) is 12.6 Å². The summed E-state index contributed by atoms with van der Waals surface area (Å²) in [5.74, 6) is 1.29. The van der Waals surface area contributed by atoms with E-state index in [-0.39, 0.29) is 0 Å². The second-order valence-electron chi connectivity index (χ2n) is 2.65. The minimum absolute atomic E-state index is 0.524. The molecule has 0 spiro atoms. The van der Waals surface area contributed by atoms with E-state index in [0.717, 1.165) is 30.5 Å². The highest BCUT2D eigenvalue weighted by Gasteiger charge is 2.02. The molecule has 3 nitrogen and oxygen atoms in total. The zero-order valence-corrected chi connectivity index (χ0v) is 9.34. The number of alkyl halides is 1. The smallest absolute Gasteiger partial charge is 0.305 e. The molecule has 0 amide bonds. The Morgan fingerprint density at radius 3 is 3.08 bits per heavy atom. The summed E-state index contributed by atoms with van der Waals surface area (Å²) >= 11 is 3.38. The Labute approximate surface area is 86.6 Å². The van der Waals surface area contributed by atoms with Gasteiger partial charge in [-0.3, -0.25) is 0 Å². The largest absolute Gasteiger partial charge is 0.464 e. The zero-order chi connectivity index (χ0) is 9.52. The number of ether oxygens (including phenoxy) is 1. The van der Waals surface area contributed by atoms with Crippen molar-refractivity contribution >= 4 is 15.9 Å². The number of oxazole rings is 1. The number of hydrogen-bond acceptors (Lipinski definition) is 3. The van der Waals surface area contributed by atoms with Crippen molar-refractivity contribution < 1.29 is 9.15 Å². The molecule has 74 valence electrons. The quantitative estimate of drug-likeness (QED) is 0.573. The predicted octanol–water partition coefficient (Wildman–Crippen LogP) is 2.79. The third-order valence-electron chi connectivity index (χ3n) is 1.59. The Morgan fingerprint density at radius 2 is 2.38 bits per heavy atom. The van der Waals surface area contributed by atoms with Gasteiger partial charge in [0.2, 0.25) is 0 Å². The highest BCUT2D eigenvalue weighted by atomic mass is 79.9. The third-order valence-corrected chi connectivity index (χ3v) is 2.15. The van der Waals surface area contributed by atoms with E-state index < -0.39 is 0 Å². The molecule has 13 heavy (non-hydrogen) atoms. The van der Waals surface area contributed by atoms with Crippen molar-refractivity contribution in [2.75, 3.05) is 11.9 Å². The summed E-state index contributed by atoms with van der Waals surface area (Å²) in [5.41, 5.74) is 0. The molecule has 0 bridgehead atoms. The molecular weight excluding hydrogens is 234 g/mol. The second kappa shape index (κ2) is 6.02. The van der Waals surface area contributed by atoms with Crippen LogP contribution in [0.25, 0.3) is 0 Å². The Morgan fingerprint density at radius 1 is 1.54 bits per heavy atom. The maximum absolute atomic E-state index is 5.32. The maximum atomic E-state index is 5.32. The van der Waals surface area contributed by atoms with Crippen LogP contribution in [0, 0.1) is 0 Å². The van der Waals surface area contributed by atoms with E-state index in [9.17, 15) is 0 Å². The van der Waals surface area contributed by atoms with Crippen LogP contribution < -0.4 is 4.74 Å².